The molecule has 0 amide bonds. The molecule has 0 spiro atoms. The Morgan fingerprint density at radius 2 is 1.77 bits per heavy atom. The van der Waals surface area contributed by atoms with E-state index in [0.717, 1.165) is 41.1 Å². The van der Waals surface area contributed by atoms with E-state index in [9.17, 15) is 0 Å². The molecule has 0 saturated heterocycles. The van der Waals surface area contributed by atoms with E-state index in [4.69, 9.17) is 4.99 Å². The Morgan fingerprint density at radius 3 is 2.73 bits per heavy atom. The second-order valence-electron chi connectivity index (χ2n) is 5.21. The Morgan fingerprint density at radius 1 is 0.909 bits per heavy atom. The minimum absolute atomic E-state index is 0.937. The smallest absolute Gasteiger partial charge is 0.177 e. The third kappa shape index (κ3) is 2.91. The van der Waals surface area contributed by atoms with Gasteiger partial charge in [0.1, 0.15) is 0 Å². The zero-order valence-corrected chi connectivity index (χ0v) is 13.6. The quantitative estimate of drug-likeness (QED) is 0.644. The molecule has 110 valence electrons. The molecule has 4 rings (SSSR count). The number of aliphatic imine (C=N–C) groups is 1. The van der Waals surface area contributed by atoms with Crippen LogP contribution in [0.25, 0.3) is 11.0 Å². The van der Waals surface area contributed by atoms with Gasteiger partial charge in [0.05, 0.1) is 21.8 Å². The first kappa shape index (κ1) is 13.9. The number of aromatic amines is 1. The van der Waals surface area contributed by atoms with Gasteiger partial charge in [0, 0.05) is 0 Å². The molecule has 3 nitrogen and oxygen atoms in total. The third-order valence-electron chi connectivity index (χ3n) is 3.66. The second-order valence-corrected chi connectivity index (χ2v) is 7.40. The van der Waals surface area contributed by atoms with Gasteiger partial charge in [-0.2, -0.15) is 0 Å². The van der Waals surface area contributed by atoms with E-state index in [1.54, 1.807) is 21.6 Å². The number of hydrogen-bond acceptors (Lipinski definition) is 4. The van der Waals surface area contributed by atoms with E-state index in [0.29, 0.717) is 0 Å². The van der Waals surface area contributed by atoms with Crippen molar-refractivity contribution in [3.05, 3.63) is 54.1 Å². The summed E-state index contributed by atoms with van der Waals surface area (Å²) in [6.07, 6.45) is 3.30. The number of H-pyrrole nitrogens is 1. The van der Waals surface area contributed by atoms with Crippen LogP contribution in [0, 0.1) is 0 Å². The Bertz CT molecular complexity index is 806. The molecule has 3 aromatic rings. The molecule has 0 bridgehead atoms. The highest BCUT2D eigenvalue weighted by molar-refractivity contribution is 8.82. The van der Waals surface area contributed by atoms with Crippen LogP contribution in [-0.4, -0.2) is 15.0 Å². The molecule has 0 aliphatic carbocycles. The van der Waals surface area contributed by atoms with Crippen molar-refractivity contribution in [2.45, 2.75) is 24.4 Å². The minimum atomic E-state index is 0.937. The summed E-state index contributed by atoms with van der Waals surface area (Å²) >= 11 is 0. The van der Waals surface area contributed by atoms with Crippen LogP contribution in [0.2, 0.25) is 0 Å². The van der Waals surface area contributed by atoms with E-state index in [1.165, 1.54) is 10.6 Å². The fourth-order valence-corrected chi connectivity index (χ4v) is 4.52. The summed E-state index contributed by atoms with van der Waals surface area (Å²) in [5, 5.41) is 2.11. The van der Waals surface area contributed by atoms with E-state index in [2.05, 4.69) is 40.3 Å². The number of para-hydroxylation sites is 3. The molecule has 5 heteroatoms. The Hall–Kier alpha value is -1.72. The molecule has 1 aliphatic heterocycles. The van der Waals surface area contributed by atoms with E-state index < -0.39 is 0 Å². The molecule has 1 N–H and O–H groups in total. The van der Waals surface area contributed by atoms with Crippen LogP contribution in [0.1, 0.15) is 18.4 Å². The van der Waals surface area contributed by atoms with Gasteiger partial charge in [-0.05, 0) is 64.6 Å². The fraction of sp³-hybridized carbons (Fsp3) is 0.176. The lowest BCUT2D eigenvalue weighted by molar-refractivity contribution is 0.883. The van der Waals surface area contributed by atoms with Crippen molar-refractivity contribution in [2.75, 3.05) is 0 Å². The lowest BCUT2D eigenvalue weighted by Gasteiger charge is -2.01. The predicted octanol–water partition coefficient (Wildman–Crippen LogP) is 5.37. The van der Waals surface area contributed by atoms with Gasteiger partial charge in [-0.15, -0.1) is 0 Å². The zero-order valence-electron chi connectivity index (χ0n) is 12.0. The van der Waals surface area contributed by atoms with Crippen molar-refractivity contribution in [1.82, 2.24) is 9.97 Å². The van der Waals surface area contributed by atoms with Gasteiger partial charge in [0.2, 0.25) is 0 Å². The minimum Gasteiger partial charge on any atom is -0.332 e. The molecule has 0 atom stereocenters. The number of benzene rings is 2. The van der Waals surface area contributed by atoms with Gasteiger partial charge >= 0.3 is 0 Å². The Balaban J connectivity index is 1.52. The first-order valence-electron chi connectivity index (χ1n) is 7.33. The van der Waals surface area contributed by atoms with Crippen LogP contribution in [0.4, 0.5) is 5.69 Å². The van der Waals surface area contributed by atoms with Gasteiger partial charge in [0.15, 0.2) is 5.16 Å². The van der Waals surface area contributed by atoms with Crippen LogP contribution in [0.5, 0.6) is 0 Å². The van der Waals surface area contributed by atoms with E-state index in [-0.39, 0.29) is 0 Å². The maximum atomic E-state index is 4.83. The van der Waals surface area contributed by atoms with Crippen LogP contribution >= 0.6 is 21.6 Å². The SMILES string of the molecule is c1ccc2c(c1)CCCC(SSc1nc3ccccc3[nH]1)=N2. The Labute approximate surface area is 137 Å². The van der Waals surface area contributed by atoms with Crippen molar-refractivity contribution in [3.63, 3.8) is 0 Å². The van der Waals surface area contributed by atoms with Crippen LogP contribution in [0.3, 0.4) is 0 Å². The van der Waals surface area contributed by atoms with Crippen LogP contribution in [-0.2, 0) is 6.42 Å². The summed E-state index contributed by atoms with van der Waals surface area (Å²) < 4.78 is 0. The fourth-order valence-electron chi connectivity index (χ4n) is 2.57. The molecule has 0 saturated carbocycles. The lowest BCUT2D eigenvalue weighted by Crippen LogP contribution is -1.88. The lowest BCUT2D eigenvalue weighted by atomic mass is 10.1. The highest BCUT2D eigenvalue weighted by atomic mass is 33.1. The first-order valence-corrected chi connectivity index (χ1v) is 9.48. The second kappa shape index (κ2) is 6.18. The summed E-state index contributed by atoms with van der Waals surface area (Å²) in [7, 11) is 3.37. The number of aromatic nitrogens is 2. The maximum absolute atomic E-state index is 4.83. The first-order chi connectivity index (χ1) is 10.9. The predicted molar refractivity (Wildman–Crippen MR) is 96.0 cm³/mol. The van der Waals surface area contributed by atoms with Crippen molar-refractivity contribution >= 4 is 43.4 Å². The average molecular weight is 325 g/mol. The molecule has 0 radical (unpaired) electrons. The summed E-state index contributed by atoms with van der Waals surface area (Å²) in [5.41, 5.74) is 4.57. The number of hydrogen-bond donors (Lipinski definition) is 1. The van der Waals surface area contributed by atoms with Gasteiger partial charge < -0.3 is 4.98 Å². The molecule has 2 aromatic carbocycles. The van der Waals surface area contributed by atoms with Gasteiger partial charge in [-0.25, -0.2) is 9.98 Å². The number of nitrogens with zero attached hydrogens (tertiary/aromatic N) is 2. The molecule has 22 heavy (non-hydrogen) atoms. The molecule has 1 aliphatic rings. The van der Waals surface area contributed by atoms with Crippen molar-refractivity contribution in [3.8, 4) is 0 Å². The van der Waals surface area contributed by atoms with Gasteiger partial charge in [-0.1, -0.05) is 30.3 Å². The van der Waals surface area contributed by atoms with Gasteiger partial charge in [0.25, 0.3) is 0 Å². The van der Waals surface area contributed by atoms with Crippen LogP contribution < -0.4 is 0 Å². The third-order valence-corrected chi connectivity index (χ3v) is 5.88. The van der Waals surface area contributed by atoms with Crippen molar-refractivity contribution in [1.29, 1.82) is 0 Å². The number of nitrogens with one attached hydrogen (secondary N) is 1. The normalized spacial score (nSPS) is 14.5. The number of rotatable bonds is 2. The number of fused-ring (bicyclic) bond motifs is 2. The topological polar surface area (TPSA) is 41.0 Å². The van der Waals surface area contributed by atoms with Crippen LogP contribution in [0.15, 0.2) is 58.7 Å². The molecular weight excluding hydrogens is 310 g/mol. The summed E-state index contributed by atoms with van der Waals surface area (Å²) in [6.45, 7) is 0. The van der Waals surface area contributed by atoms with E-state index in [1.807, 2.05) is 18.2 Å². The molecule has 2 heterocycles. The molecule has 1 aromatic heterocycles. The standard InChI is InChI=1S/C17H15N3S2/c1-2-8-13-12(6-1)7-5-11-16(18-13)21-22-17-19-14-9-3-4-10-15(14)20-17/h1-4,6,8-10H,5,7,11H2,(H,19,20). The summed E-state index contributed by atoms with van der Waals surface area (Å²) in [4.78, 5) is 12.8. The summed E-state index contributed by atoms with van der Waals surface area (Å²) in [6, 6.07) is 16.5. The summed E-state index contributed by atoms with van der Waals surface area (Å²) in [5.74, 6) is 0. The largest absolute Gasteiger partial charge is 0.332 e. The van der Waals surface area contributed by atoms with Crippen molar-refractivity contribution < 1.29 is 0 Å². The molecule has 0 fully saturated rings. The Kier molecular flexibility index (Phi) is 3.91. The van der Waals surface area contributed by atoms with Gasteiger partial charge in [-0.3, -0.25) is 0 Å². The molecule has 0 unspecified atom stereocenters. The van der Waals surface area contributed by atoms with Crippen molar-refractivity contribution in [2.24, 2.45) is 4.99 Å². The maximum Gasteiger partial charge on any atom is 0.177 e. The highest BCUT2D eigenvalue weighted by Crippen LogP contribution is 2.36. The number of aryl methyl sites for hydroxylation is 1. The molecular formula is C17H15N3S2. The highest BCUT2D eigenvalue weighted by Gasteiger charge is 2.12. The zero-order chi connectivity index (χ0) is 14.8. The average Bonchev–Trinajstić information content (AvgIpc) is 2.85. The van der Waals surface area contributed by atoms with E-state index >= 15 is 0 Å². The monoisotopic (exact) mass is 325 g/mol. The number of imidazole rings is 1.